The van der Waals surface area contributed by atoms with Crippen molar-refractivity contribution in [2.75, 3.05) is 0 Å². The van der Waals surface area contributed by atoms with Crippen LogP contribution in [0.3, 0.4) is 0 Å². The fourth-order valence-electron chi connectivity index (χ4n) is 2.83. The van der Waals surface area contributed by atoms with E-state index in [-0.39, 0.29) is 0 Å². The number of rotatable bonds is 3. The Morgan fingerprint density at radius 2 is 1.85 bits per heavy atom. The largest absolute Gasteiger partial charge is 0.464 e. The normalized spacial score (nSPS) is 11.1. The second-order valence-corrected chi connectivity index (χ2v) is 6.82. The number of aromatic nitrogens is 6. The van der Waals surface area contributed by atoms with Crippen LogP contribution in [-0.4, -0.2) is 29.9 Å². The smallest absolute Gasteiger partial charge is 0.178 e. The molecule has 5 aromatic rings. The van der Waals surface area contributed by atoms with E-state index >= 15 is 0 Å². The zero-order valence-electron chi connectivity index (χ0n) is 14.2. The lowest BCUT2D eigenvalue weighted by molar-refractivity contribution is 0.615. The Balaban J connectivity index is 1.71. The summed E-state index contributed by atoms with van der Waals surface area (Å²) in [5, 5.41) is 1.78. The first-order valence-electron chi connectivity index (χ1n) is 8.18. The highest BCUT2D eigenvalue weighted by Gasteiger charge is 2.18. The van der Waals surface area contributed by atoms with Crippen LogP contribution < -0.4 is 0 Å². The van der Waals surface area contributed by atoms with Gasteiger partial charge in [-0.2, -0.15) is 0 Å². The third-order valence-corrected chi connectivity index (χ3v) is 5.28. The Morgan fingerprint density at radius 1 is 1.04 bits per heavy atom. The van der Waals surface area contributed by atoms with E-state index < -0.39 is 0 Å². The molecule has 5 heterocycles. The van der Waals surface area contributed by atoms with E-state index in [1.807, 2.05) is 19.1 Å². The number of nitrogens with zero attached hydrogens (tertiary/aromatic N) is 6. The number of furan rings is 1. The van der Waals surface area contributed by atoms with Crippen molar-refractivity contribution in [3.63, 3.8) is 0 Å². The lowest BCUT2D eigenvalue weighted by Gasteiger charge is -2.04. The Labute approximate surface area is 157 Å². The minimum absolute atomic E-state index is 0.552. The Bertz CT molecular complexity index is 1230. The fraction of sp³-hybridized carbons (Fsp3) is 0.0526. The van der Waals surface area contributed by atoms with Gasteiger partial charge < -0.3 is 4.42 Å². The van der Waals surface area contributed by atoms with Crippen LogP contribution in [0.1, 0.15) is 5.69 Å². The van der Waals surface area contributed by atoms with Gasteiger partial charge in [0.1, 0.15) is 22.6 Å². The van der Waals surface area contributed by atoms with Gasteiger partial charge >= 0.3 is 0 Å². The molecule has 0 aromatic carbocycles. The van der Waals surface area contributed by atoms with Crippen LogP contribution in [0.25, 0.3) is 43.6 Å². The summed E-state index contributed by atoms with van der Waals surface area (Å²) in [5.74, 6) is 0.552. The molecule has 0 bridgehead atoms. The lowest BCUT2D eigenvalue weighted by atomic mass is 10.1. The summed E-state index contributed by atoms with van der Waals surface area (Å²) in [4.78, 5) is 27.3. The average Bonchev–Trinajstić information content (AvgIpc) is 3.35. The van der Waals surface area contributed by atoms with E-state index in [4.69, 9.17) is 9.40 Å². The van der Waals surface area contributed by atoms with Crippen LogP contribution in [0.15, 0.2) is 60.0 Å². The SMILES string of the molecule is Cc1nc(-c2cncnc2)sc1-c1nc(-c2ncccn2)cc2occc12. The Morgan fingerprint density at radius 3 is 2.67 bits per heavy atom. The maximum absolute atomic E-state index is 5.64. The maximum atomic E-state index is 5.64. The molecule has 130 valence electrons. The van der Waals surface area contributed by atoms with Crippen molar-refractivity contribution < 1.29 is 4.42 Å². The van der Waals surface area contributed by atoms with Crippen LogP contribution in [0.2, 0.25) is 0 Å². The van der Waals surface area contributed by atoms with Gasteiger partial charge in [0.15, 0.2) is 5.82 Å². The number of thiazole rings is 1. The van der Waals surface area contributed by atoms with Crippen molar-refractivity contribution in [3.8, 4) is 32.7 Å². The number of fused-ring (bicyclic) bond motifs is 1. The molecule has 0 unspecified atom stereocenters. The van der Waals surface area contributed by atoms with Crippen molar-refractivity contribution in [2.45, 2.75) is 6.92 Å². The molecule has 0 N–H and O–H groups in total. The molecule has 0 spiro atoms. The van der Waals surface area contributed by atoms with E-state index in [9.17, 15) is 0 Å². The molecular formula is C19H12N6OS. The van der Waals surface area contributed by atoms with Crippen molar-refractivity contribution in [1.29, 1.82) is 0 Å². The Hall–Kier alpha value is -3.52. The molecule has 0 saturated heterocycles. The van der Waals surface area contributed by atoms with Crippen LogP contribution in [0.5, 0.6) is 0 Å². The van der Waals surface area contributed by atoms with Gasteiger partial charge in [-0.1, -0.05) is 0 Å². The van der Waals surface area contributed by atoms with Gasteiger partial charge in [-0.3, -0.25) is 0 Å². The standard InChI is InChI=1S/C19H12N6OS/c1-11-17(27-19(24-11)12-8-20-10-21-9-12)16-13-3-6-26-15(13)7-14(25-16)18-22-4-2-5-23-18/h2-10H,1H3. The van der Waals surface area contributed by atoms with Crippen molar-refractivity contribution >= 4 is 22.3 Å². The highest BCUT2D eigenvalue weighted by molar-refractivity contribution is 7.18. The quantitative estimate of drug-likeness (QED) is 0.469. The fourth-order valence-corrected chi connectivity index (χ4v) is 3.88. The van der Waals surface area contributed by atoms with Crippen molar-refractivity contribution in [2.24, 2.45) is 0 Å². The molecule has 5 aromatic heterocycles. The summed E-state index contributed by atoms with van der Waals surface area (Å²) >= 11 is 1.55. The van der Waals surface area contributed by atoms with Crippen LogP contribution in [0.4, 0.5) is 0 Å². The first-order chi connectivity index (χ1) is 13.3. The number of pyridine rings is 1. The second-order valence-electron chi connectivity index (χ2n) is 5.82. The summed E-state index contributed by atoms with van der Waals surface area (Å²) in [7, 11) is 0. The van der Waals surface area contributed by atoms with Crippen LogP contribution in [0, 0.1) is 6.92 Å². The van der Waals surface area contributed by atoms with E-state index in [1.165, 1.54) is 6.33 Å². The van der Waals surface area contributed by atoms with E-state index in [0.717, 1.165) is 37.8 Å². The van der Waals surface area contributed by atoms with Gasteiger partial charge in [0.05, 0.1) is 22.5 Å². The monoisotopic (exact) mass is 372 g/mol. The van der Waals surface area contributed by atoms with Gasteiger partial charge in [-0.15, -0.1) is 11.3 Å². The summed E-state index contributed by atoms with van der Waals surface area (Å²) in [6.07, 6.45) is 10.1. The predicted octanol–water partition coefficient (Wildman–Crippen LogP) is 4.17. The molecule has 0 saturated carbocycles. The van der Waals surface area contributed by atoms with Gasteiger partial charge in [-0.05, 0) is 19.1 Å². The minimum Gasteiger partial charge on any atom is -0.464 e. The summed E-state index contributed by atoms with van der Waals surface area (Å²) in [6, 6.07) is 5.55. The maximum Gasteiger partial charge on any atom is 0.178 e. The minimum atomic E-state index is 0.552. The number of hydrogen-bond acceptors (Lipinski definition) is 8. The number of hydrogen-bond donors (Lipinski definition) is 0. The van der Waals surface area contributed by atoms with Crippen molar-refractivity contribution in [1.82, 2.24) is 29.9 Å². The number of aryl methyl sites for hydroxylation is 1. The van der Waals surface area contributed by atoms with Crippen LogP contribution in [-0.2, 0) is 0 Å². The van der Waals surface area contributed by atoms with E-state index in [1.54, 1.807) is 48.5 Å². The van der Waals surface area contributed by atoms with E-state index in [0.29, 0.717) is 11.5 Å². The molecule has 8 heteroatoms. The average molecular weight is 372 g/mol. The summed E-state index contributed by atoms with van der Waals surface area (Å²) in [6.45, 7) is 1.97. The molecular weight excluding hydrogens is 360 g/mol. The molecule has 0 aliphatic carbocycles. The Kier molecular flexibility index (Phi) is 3.68. The lowest BCUT2D eigenvalue weighted by Crippen LogP contribution is -1.93. The molecule has 0 amide bonds. The predicted molar refractivity (Wildman–Crippen MR) is 102 cm³/mol. The molecule has 0 aliphatic rings. The molecule has 0 atom stereocenters. The van der Waals surface area contributed by atoms with Crippen molar-refractivity contribution in [3.05, 3.63) is 61.3 Å². The van der Waals surface area contributed by atoms with Crippen LogP contribution >= 0.6 is 11.3 Å². The molecule has 0 fully saturated rings. The molecule has 7 nitrogen and oxygen atoms in total. The van der Waals surface area contributed by atoms with Gasteiger partial charge in [0, 0.05) is 41.8 Å². The second kappa shape index (κ2) is 6.33. The topological polar surface area (TPSA) is 90.5 Å². The van der Waals surface area contributed by atoms with Gasteiger partial charge in [0.25, 0.3) is 0 Å². The summed E-state index contributed by atoms with van der Waals surface area (Å²) in [5.41, 5.74) is 3.97. The highest BCUT2D eigenvalue weighted by Crippen LogP contribution is 2.38. The zero-order valence-corrected chi connectivity index (χ0v) is 15.0. The van der Waals surface area contributed by atoms with E-state index in [2.05, 4.69) is 24.9 Å². The third kappa shape index (κ3) is 2.76. The highest BCUT2D eigenvalue weighted by atomic mass is 32.1. The molecule has 0 radical (unpaired) electrons. The first kappa shape index (κ1) is 15.7. The zero-order chi connectivity index (χ0) is 18.2. The first-order valence-corrected chi connectivity index (χ1v) is 9.00. The third-order valence-electron chi connectivity index (χ3n) is 4.06. The van der Waals surface area contributed by atoms with Gasteiger partial charge in [0.2, 0.25) is 0 Å². The summed E-state index contributed by atoms with van der Waals surface area (Å²) < 4.78 is 5.64. The molecule has 0 aliphatic heterocycles. The molecule has 27 heavy (non-hydrogen) atoms. The van der Waals surface area contributed by atoms with Gasteiger partial charge in [-0.25, -0.2) is 29.9 Å². The molecule has 5 rings (SSSR count).